The molecule has 21 atom stereocenters. The van der Waals surface area contributed by atoms with E-state index in [9.17, 15) is 55.9 Å². The Hall–Kier alpha value is -1.35. The van der Waals surface area contributed by atoms with Crippen molar-refractivity contribution in [2.24, 2.45) is 34.5 Å². The Kier molecular flexibility index (Phi) is 12.4. The lowest BCUT2D eigenvalue weighted by Gasteiger charge is -2.61. The molecule has 6 rings (SSSR count). The average Bonchev–Trinajstić information content (AvgIpc) is 3.12. The van der Waals surface area contributed by atoms with Crippen LogP contribution < -0.4 is 0 Å². The molecule has 0 spiro atoms. The Morgan fingerprint density at radius 3 is 2.08 bits per heavy atom. The van der Waals surface area contributed by atoms with Crippen molar-refractivity contribution >= 4 is 5.97 Å². The van der Waals surface area contributed by atoms with Crippen LogP contribution in [0.15, 0.2) is 12.2 Å². The number of aliphatic hydroxyl groups excluding tert-OH is 10. The molecule has 0 aromatic carbocycles. The van der Waals surface area contributed by atoms with Crippen molar-refractivity contribution < 1.29 is 79.5 Å². The van der Waals surface area contributed by atoms with Gasteiger partial charge in [-0.1, -0.05) is 25.5 Å². The first kappa shape index (κ1) is 41.3. The lowest BCUT2D eigenvalue weighted by atomic mass is 9.43. The molecule has 53 heavy (non-hydrogen) atoms. The Morgan fingerprint density at radius 1 is 0.774 bits per heavy atom. The third-order valence-corrected chi connectivity index (χ3v) is 14.0. The minimum atomic E-state index is -1.70. The first-order valence-corrected chi connectivity index (χ1v) is 19.1. The summed E-state index contributed by atoms with van der Waals surface area (Å²) in [4.78, 5) is 14.1. The van der Waals surface area contributed by atoms with Gasteiger partial charge in [0, 0.05) is 0 Å². The third kappa shape index (κ3) is 7.36. The Balaban J connectivity index is 1.20. The summed E-state index contributed by atoms with van der Waals surface area (Å²) in [5.74, 6) is -0.404. The zero-order valence-corrected chi connectivity index (χ0v) is 30.7. The fraction of sp³-hybridized carbons (Fsp3) is 0.919. The van der Waals surface area contributed by atoms with Crippen LogP contribution in [0.3, 0.4) is 0 Å². The van der Waals surface area contributed by atoms with Crippen molar-refractivity contribution in [3.8, 4) is 0 Å². The van der Waals surface area contributed by atoms with E-state index in [4.69, 9.17) is 23.7 Å². The summed E-state index contributed by atoms with van der Waals surface area (Å²) in [5, 5.41) is 104. The first-order chi connectivity index (χ1) is 25.0. The van der Waals surface area contributed by atoms with Crippen LogP contribution in [-0.4, -0.2) is 162 Å². The molecule has 3 aliphatic heterocycles. The van der Waals surface area contributed by atoms with Crippen molar-refractivity contribution in [3.05, 3.63) is 12.2 Å². The molecular weight excluding hydrogens is 700 g/mol. The normalized spacial score (nSPS) is 53.4. The molecule has 3 heterocycles. The second kappa shape index (κ2) is 15.9. The molecule has 304 valence electrons. The number of hydrogen-bond donors (Lipinski definition) is 10. The van der Waals surface area contributed by atoms with Crippen molar-refractivity contribution in [1.29, 1.82) is 0 Å². The molecule has 3 saturated heterocycles. The third-order valence-electron chi connectivity index (χ3n) is 14.0. The highest BCUT2D eigenvalue weighted by molar-refractivity contribution is 5.77. The average molecular weight is 761 g/mol. The Labute approximate surface area is 309 Å². The van der Waals surface area contributed by atoms with Crippen LogP contribution in [0.5, 0.6) is 0 Å². The van der Waals surface area contributed by atoms with Crippen LogP contribution in [0.2, 0.25) is 0 Å². The molecule has 0 aromatic heterocycles. The summed E-state index contributed by atoms with van der Waals surface area (Å²) >= 11 is 0. The summed E-state index contributed by atoms with van der Waals surface area (Å²) in [6, 6.07) is 0. The number of hydrogen-bond acceptors (Lipinski definition) is 16. The SMILES string of the molecule is C=C1CC2CCC3[C@](C)(C(=O)OC4OC(CO)C(O)C(O)C4O)CCC[C@@]3(C)[C@@H]2CC1CC1OC(CO)C(O)C(O)C1OC1OC(C)C(O)C(O)C1O. The van der Waals surface area contributed by atoms with E-state index >= 15 is 0 Å². The van der Waals surface area contributed by atoms with E-state index in [0.717, 1.165) is 37.7 Å². The standard InChI is InChI=1S/C37H60O16/c1-15-10-17-6-7-23-36(3,8-5-9-37(23,4)35(48)53-34-31(47)28(44)25(41)22(14-39)51-34)19(17)11-18(15)12-20-32(29(45)26(42)21(13-38)50-20)52-33-30(46)27(43)24(40)16(2)49-33/h16-34,38-47H,1,5-14H2,2-4H3/t16?,17?,18?,19-,20?,21?,22?,23?,24?,25?,26?,27?,28?,29?,30?,31?,32?,33?,34?,36+,37-/m1/s1. The fourth-order valence-electron chi connectivity index (χ4n) is 10.8. The predicted molar refractivity (Wildman–Crippen MR) is 181 cm³/mol. The van der Waals surface area contributed by atoms with Gasteiger partial charge in [0.05, 0.1) is 30.8 Å². The maximum atomic E-state index is 14.1. The monoisotopic (exact) mass is 760 g/mol. The summed E-state index contributed by atoms with van der Waals surface area (Å²) in [6.07, 6.45) is -15.6. The summed E-state index contributed by atoms with van der Waals surface area (Å²) in [7, 11) is 0. The van der Waals surface area contributed by atoms with Gasteiger partial charge in [0.15, 0.2) is 6.29 Å². The summed E-state index contributed by atoms with van der Waals surface area (Å²) in [6.45, 7) is 8.81. The maximum Gasteiger partial charge on any atom is 0.314 e. The molecule has 3 aliphatic carbocycles. The molecule has 6 aliphatic rings. The van der Waals surface area contributed by atoms with E-state index in [2.05, 4.69) is 13.5 Å². The number of ether oxygens (including phenoxy) is 5. The van der Waals surface area contributed by atoms with Crippen LogP contribution in [-0.2, 0) is 28.5 Å². The van der Waals surface area contributed by atoms with Gasteiger partial charge in [-0.15, -0.1) is 0 Å². The van der Waals surface area contributed by atoms with Gasteiger partial charge in [0.2, 0.25) is 6.29 Å². The van der Waals surface area contributed by atoms with Crippen LogP contribution in [0.4, 0.5) is 0 Å². The van der Waals surface area contributed by atoms with Gasteiger partial charge in [0.1, 0.15) is 67.1 Å². The van der Waals surface area contributed by atoms with Crippen LogP contribution >= 0.6 is 0 Å². The van der Waals surface area contributed by atoms with Crippen molar-refractivity contribution in [1.82, 2.24) is 0 Å². The van der Waals surface area contributed by atoms with Gasteiger partial charge in [0.25, 0.3) is 0 Å². The van der Waals surface area contributed by atoms with Gasteiger partial charge in [-0.2, -0.15) is 0 Å². The molecule has 0 amide bonds. The predicted octanol–water partition coefficient (Wildman–Crippen LogP) is -1.78. The van der Waals surface area contributed by atoms with Crippen LogP contribution in [0.1, 0.15) is 72.1 Å². The van der Waals surface area contributed by atoms with E-state index in [0.29, 0.717) is 18.8 Å². The number of rotatable bonds is 8. The van der Waals surface area contributed by atoms with E-state index in [1.807, 2.05) is 6.92 Å². The number of esters is 1. The minimum Gasteiger partial charge on any atom is -0.432 e. The lowest BCUT2D eigenvalue weighted by molar-refractivity contribution is -0.337. The number of fused-ring (bicyclic) bond motifs is 3. The quantitative estimate of drug-likeness (QED) is 0.0968. The van der Waals surface area contributed by atoms with Crippen molar-refractivity contribution in [2.75, 3.05) is 13.2 Å². The number of carbonyl (C=O) groups is 1. The van der Waals surface area contributed by atoms with Gasteiger partial charge < -0.3 is 74.7 Å². The van der Waals surface area contributed by atoms with Gasteiger partial charge in [-0.25, -0.2) is 0 Å². The summed E-state index contributed by atoms with van der Waals surface area (Å²) < 4.78 is 29.1. The maximum absolute atomic E-state index is 14.1. The van der Waals surface area contributed by atoms with Crippen LogP contribution in [0, 0.1) is 34.5 Å². The van der Waals surface area contributed by atoms with Crippen molar-refractivity contribution in [2.45, 2.75) is 164 Å². The molecular formula is C37H60O16. The number of carbonyl (C=O) groups excluding carboxylic acids is 1. The van der Waals surface area contributed by atoms with Crippen molar-refractivity contribution in [3.63, 3.8) is 0 Å². The minimum absolute atomic E-state index is 0.110. The highest BCUT2D eigenvalue weighted by Gasteiger charge is 2.61. The molecule has 0 radical (unpaired) electrons. The second-order valence-electron chi connectivity index (χ2n) is 17.1. The number of aliphatic hydroxyl groups is 10. The van der Waals surface area contributed by atoms with Crippen LogP contribution in [0.25, 0.3) is 0 Å². The van der Waals surface area contributed by atoms with Gasteiger partial charge in [-0.05, 0) is 87.9 Å². The van der Waals surface area contributed by atoms with E-state index in [-0.39, 0.29) is 29.6 Å². The number of allylic oxidation sites excluding steroid dienone is 1. The largest absolute Gasteiger partial charge is 0.432 e. The molecule has 10 N–H and O–H groups in total. The molecule has 0 bridgehead atoms. The Morgan fingerprint density at radius 2 is 1.40 bits per heavy atom. The molecule has 6 fully saturated rings. The molecule has 16 nitrogen and oxygen atoms in total. The van der Waals surface area contributed by atoms with E-state index < -0.39 is 117 Å². The highest BCUT2D eigenvalue weighted by atomic mass is 16.7. The zero-order valence-electron chi connectivity index (χ0n) is 30.7. The summed E-state index contributed by atoms with van der Waals surface area (Å²) in [5.41, 5.74) is -0.293. The molecule has 0 aromatic rings. The highest BCUT2D eigenvalue weighted by Crippen LogP contribution is 2.65. The Bertz CT molecular complexity index is 1300. The smallest absolute Gasteiger partial charge is 0.314 e. The topological polar surface area (TPSA) is 266 Å². The first-order valence-electron chi connectivity index (χ1n) is 19.1. The van der Waals surface area contributed by atoms with Gasteiger partial charge >= 0.3 is 5.97 Å². The zero-order chi connectivity index (χ0) is 38.7. The van der Waals surface area contributed by atoms with E-state index in [1.54, 1.807) is 0 Å². The second-order valence-corrected chi connectivity index (χ2v) is 17.1. The van der Waals surface area contributed by atoms with E-state index in [1.165, 1.54) is 6.92 Å². The lowest BCUT2D eigenvalue weighted by Crippen LogP contribution is -2.64. The van der Waals surface area contributed by atoms with Gasteiger partial charge in [-0.3, -0.25) is 4.79 Å². The molecule has 18 unspecified atom stereocenters. The molecule has 3 saturated carbocycles. The molecule has 16 heteroatoms. The fourth-order valence-corrected chi connectivity index (χ4v) is 10.8.